The summed E-state index contributed by atoms with van der Waals surface area (Å²) in [6.45, 7) is 1.57. The maximum absolute atomic E-state index is 12.6. The predicted octanol–water partition coefficient (Wildman–Crippen LogP) is 3.35. The van der Waals surface area contributed by atoms with Crippen LogP contribution in [0.15, 0.2) is 36.4 Å². The van der Waals surface area contributed by atoms with Crippen LogP contribution in [0.1, 0.15) is 11.1 Å². The fourth-order valence-electron chi connectivity index (χ4n) is 2.99. The summed E-state index contributed by atoms with van der Waals surface area (Å²) in [5.74, 6) is 1.15. The van der Waals surface area contributed by atoms with Gasteiger partial charge in [-0.25, -0.2) is 0 Å². The Bertz CT molecular complexity index is 779. The number of hydrogen-bond acceptors (Lipinski definition) is 4. The quantitative estimate of drug-likeness (QED) is 0.888. The van der Waals surface area contributed by atoms with Crippen LogP contribution in [0.2, 0.25) is 5.02 Å². The number of halogens is 1. The molecule has 0 radical (unpaired) electrons. The van der Waals surface area contributed by atoms with Crippen molar-refractivity contribution in [1.29, 1.82) is 0 Å². The van der Waals surface area contributed by atoms with E-state index in [-0.39, 0.29) is 12.5 Å². The number of fused-ring (bicyclic) bond motifs is 1. The second-order valence-electron chi connectivity index (χ2n) is 5.87. The van der Waals surface area contributed by atoms with Crippen molar-refractivity contribution in [3.05, 3.63) is 52.5 Å². The van der Waals surface area contributed by atoms with Gasteiger partial charge in [-0.1, -0.05) is 35.9 Å². The Hall–Kier alpha value is -2.40. The highest BCUT2D eigenvalue weighted by atomic mass is 35.5. The summed E-state index contributed by atoms with van der Waals surface area (Å²) in [5, 5.41) is 3.59. The van der Waals surface area contributed by atoms with E-state index in [0.717, 1.165) is 13.0 Å². The van der Waals surface area contributed by atoms with Crippen molar-refractivity contribution in [1.82, 2.24) is 4.90 Å². The zero-order chi connectivity index (χ0) is 17.8. The van der Waals surface area contributed by atoms with Crippen LogP contribution in [0.5, 0.6) is 11.5 Å². The smallest absolute Gasteiger partial charge is 0.242 e. The Labute approximate surface area is 152 Å². The van der Waals surface area contributed by atoms with Gasteiger partial charge < -0.3 is 19.7 Å². The van der Waals surface area contributed by atoms with Crippen molar-refractivity contribution in [2.45, 2.75) is 13.0 Å². The number of benzene rings is 2. The molecular formula is C19H21ClN2O3. The number of nitrogens with one attached hydrogen (secondary N) is 1. The van der Waals surface area contributed by atoms with Gasteiger partial charge in [0.25, 0.3) is 0 Å². The van der Waals surface area contributed by atoms with E-state index in [1.807, 2.05) is 17.0 Å². The Morgan fingerprint density at radius 2 is 1.88 bits per heavy atom. The average Bonchev–Trinajstić information content (AvgIpc) is 2.65. The molecule has 0 saturated carbocycles. The molecule has 0 spiro atoms. The van der Waals surface area contributed by atoms with Gasteiger partial charge in [-0.05, 0) is 17.5 Å². The van der Waals surface area contributed by atoms with Gasteiger partial charge in [0.2, 0.25) is 5.91 Å². The average molecular weight is 361 g/mol. The van der Waals surface area contributed by atoms with Gasteiger partial charge in [-0.3, -0.25) is 4.79 Å². The second kappa shape index (κ2) is 7.66. The van der Waals surface area contributed by atoms with Crippen LogP contribution >= 0.6 is 11.6 Å². The van der Waals surface area contributed by atoms with Crippen LogP contribution in [0, 0.1) is 0 Å². The Balaban J connectivity index is 1.67. The van der Waals surface area contributed by atoms with Gasteiger partial charge in [0.05, 0.1) is 31.5 Å². The molecule has 0 saturated heterocycles. The number of hydrogen-bond donors (Lipinski definition) is 1. The Morgan fingerprint density at radius 3 is 2.60 bits per heavy atom. The number of amides is 1. The van der Waals surface area contributed by atoms with Crippen LogP contribution in [0.25, 0.3) is 0 Å². The molecule has 2 aromatic rings. The molecule has 5 nitrogen and oxygen atoms in total. The van der Waals surface area contributed by atoms with E-state index in [4.69, 9.17) is 21.1 Å². The molecule has 2 aromatic carbocycles. The SMILES string of the molecule is COc1cc(NCC(=O)N2CCc3ccccc3C2)c(OC)cc1Cl. The lowest BCUT2D eigenvalue weighted by Crippen LogP contribution is -2.39. The summed E-state index contributed by atoms with van der Waals surface area (Å²) in [5.41, 5.74) is 3.21. The molecule has 1 heterocycles. The molecule has 1 amide bonds. The largest absolute Gasteiger partial charge is 0.495 e. The summed E-state index contributed by atoms with van der Waals surface area (Å²) in [6.07, 6.45) is 0.889. The molecule has 3 rings (SSSR count). The van der Waals surface area contributed by atoms with E-state index in [1.54, 1.807) is 26.4 Å². The number of rotatable bonds is 5. The Morgan fingerprint density at radius 1 is 1.16 bits per heavy atom. The second-order valence-corrected chi connectivity index (χ2v) is 6.28. The number of nitrogens with zero attached hydrogens (tertiary/aromatic N) is 1. The molecular weight excluding hydrogens is 340 g/mol. The highest BCUT2D eigenvalue weighted by Crippen LogP contribution is 2.35. The molecule has 0 aliphatic carbocycles. The van der Waals surface area contributed by atoms with Crippen LogP contribution in [-0.2, 0) is 17.8 Å². The monoisotopic (exact) mass is 360 g/mol. The number of ether oxygens (including phenoxy) is 2. The van der Waals surface area contributed by atoms with Crippen LogP contribution < -0.4 is 14.8 Å². The zero-order valence-corrected chi connectivity index (χ0v) is 15.1. The molecule has 0 unspecified atom stereocenters. The number of anilines is 1. The minimum absolute atomic E-state index is 0.0467. The van der Waals surface area contributed by atoms with Gasteiger partial charge in [0.1, 0.15) is 11.5 Å². The molecule has 1 aliphatic heterocycles. The lowest BCUT2D eigenvalue weighted by molar-refractivity contribution is -0.130. The first-order valence-corrected chi connectivity index (χ1v) is 8.50. The fourth-order valence-corrected chi connectivity index (χ4v) is 3.22. The standard InChI is InChI=1S/C19H21ClN2O3/c1-24-17-10-16(18(25-2)9-15(17)20)21-11-19(23)22-8-7-13-5-3-4-6-14(13)12-22/h3-6,9-10,21H,7-8,11-12H2,1-2H3. The van der Waals surface area contributed by atoms with Crippen molar-refractivity contribution < 1.29 is 14.3 Å². The van der Waals surface area contributed by atoms with E-state index in [1.165, 1.54) is 11.1 Å². The maximum Gasteiger partial charge on any atom is 0.242 e. The van der Waals surface area contributed by atoms with Gasteiger partial charge >= 0.3 is 0 Å². The number of carbonyl (C=O) groups excluding carboxylic acids is 1. The molecule has 0 fully saturated rings. The topological polar surface area (TPSA) is 50.8 Å². The highest BCUT2D eigenvalue weighted by molar-refractivity contribution is 6.32. The molecule has 6 heteroatoms. The third-order valence-electron chi connectivity index (χ3n) is 4.39. The van der Waals surface area contributed by atoms with E-state index < -0.39 is 0 Å². The summed E-state index contributed by atoms with van der Waals surface area (Å²) in [4.78, 5) is 14.4. The Kier molecular flexibility index (Phi) is 5.34. The minimum atomic E-state index is 0.0467. The van der Waals surface area contributed by atoms with Gasteiger partial charge in [-0.15, -0.1) is 0 Å². The minimum Gasteiger partial charge on any atom is -0.495 e. The molecule has 132 valence electrons. The lowest BCUT2D eigenvalue weighted by Gasteiger charge is -2.29. The van der Waals surface area contributed by atoms with Crippen LogP contribution in [0.4, 0.5) is 5.69 Å². The van der Waals surface area contributed by atoms with Gasteiger partial charge in [0, 0.05) is 25.2 Å². The summed E-state index contributed by atoms with van der Waals surface area (Å²) < 4.78 is 10.5. The normalized spacial score (nSPS) is 13.2. The van der Waals surface area contributed by atoms with E-state index in [0.29, 0.717) is 28.8 Å². The summed E-state index contributed by atoms with van der Waals surface area (Å²) >= 11 is 6.10. The fraction of sp³-hybridized carbons (Fsp3) is 0.316. The van der Waals surface area contributed by atoms with E-state index >= 15 is 0 Å². The maximum atomic E-state index is 12.6. The van der Waals surface area contributed by atoms with Gasteiger partial charge in [0.15, 0.2) is 0 Å². The zero-order valence-electron chi connectivity index (χ0n) is 14.3. The third kappa shape index (κ3) is 3.82. The predicted molar refractivity (Wildman–Crippen MR) is 98.6 cm³/mol. The van der Waals surface area contributed by atoms with E-state index in [9.17, 15) is 4.79 Å². The van der Waals surface area contributed by atoms with Crippen LogP contribution in [0.3, 0.4) is 0 Å². The summed E-state index contributed by atoms with van der Waals surface area (Å²) in [7, 11) is 3.11. The first kappa shape index (κ1) is 17.4. The third-order valence-corrected chi connectivity index (χ3v) is 4.68. The highest BCUT2D eigenvalue weighted by Gasteiger charge is 2.20. The number of carbonyl (C=O) groups is 1. The molecule has 1 aliphatic rings. The molecule has 0 aromatic heterocycles. The van der Waals surface area contributed by atoms with Gasteiger partial charge in [-0.2, -0.15) is 0 Å². The van der Waals surface area contributed by atoms with Crippen LogP contribution in [-0.4, -0.2) is 38.1 Å². The van der Waals surface area contributed by atoms with Crippen molar-refractivity contribution in [2.75, 3.05) is 32.6 Å². The lowest BCUT2D eigenvalue weighted by atomic mass is 10.00. The van der Waals surface area contributed by atoms with Crippen molar-refractivity contribution >= 4 is 23.2 Å². The number of methoxy groups -OCH3 is 2. The molecule has 0 bridgehead atoms. The van der Waals surface area contributed by atoms with Crippen molar-refractivity contribution in [3.63, 3.8) is 0 Å². The van der Waals surface area contributed by atoms with Crippen molar-refractivity contribution in [2.24, 2.45) is 0 Å². The first-order valence-electron chi connectivity index (χ1n) is 8.12. The first-order chi connectivity index (χ1) is 12.1. The van der Waals surface area contributed by atoms with Crippen molar-refractivity contribution in [3.8, 4) is 11.5 Å². The molecule has 25 heavy (non-hydrogen) atoms. The molecule has 1 N–H and O–H groups in total. The summed E-state index contributed by atoms with van der Waals surface area (Å²) in [6, 6.07) is 11.7. The molecule has 0 atom stereocenters. The van der Waals surface area contributed by atoms with E-state index in [2.05, 4.69) is 17.4 Å².